The molecule has 3 heterocycles. The van der Waals surface area contributed by atoms with Crippen molar-refractivity contribution in [3.8, 4) is 96.0 Å². The highest BCUT2D eigenvalue weighted by molar-refractivity contribution is 6.12. The summed E-state index contributed by atoms with van der Waals surface area (Å²) in [6.45, 7) is 0. The quantitative estimate of drug-likeness (QED) is 0.135. The molecule has 12 aromatic rings. The number of rotatable bonds is 9. The van der Waals surface area contributed by atoms with Crippen molar-refractivity contribution in [1.82, 2.24) is 29.5 Å². The Morgan fingerprint density at radius 2 is 0.639 bits per heavy atom. The lowest BCUT2D eigenvalue weighted by Crippen LogP contribution is -2.12. The molecule has 0 amide bonds. The molecule has 0 saturated carbocycles. The highest BCUT2D eigenvalue weighted by Gasteiger charge is 2.40. The zero-order valence-electron chi connectivity index (χ0n) is 42.5. The Kier molecular flexibility index (Phi) is 13.3. The van der Waals surface area contributed by atoms with E-state index in [-0.39, 0.29) is 56.7 Å². The van der Waals surface area contributed by atoms with Crippen molar-refractivity contribution in [3.63, 3.8) is 0 Å². The third-order valence-corrected chi connectivity index (χ3v) is 14.0. The van der Waals surface area contributed by atoms with Gasteiger partial charge in [0.15, 0.2) is 23.3 Å². The number of fused-ring (bicyclic) bond motifs is 3. The largest absolute Gasteiger partial charge is 0.417 e. The average molecular weight is 1130 g/mol. The number of halogens is 12. The Labute approximate surface area is 463 Å². The van der Waals surface area contributed by atoms with Crippen LogP contribution in [0.1, 0.15) is 22.3 Å². The van der Waals surface area contributed by atoms with E-state index in [2.05, 4.69) is 0 Å². The van der Waals surface area contributed by atoms with Crippen molar-refractivity contribution < 1.29 is 52.7 Å². The highest BCUT2D eigenvalue weighted by Crippen LogP contribution is 2.47. The van der Waals surface area contributed by atoms with Gasteiger partial charge in [0.25, 0.3) is 0 Å². The molecule has 0 radical (unpaired) electrons. The van der Waals surface area contributed by atoms with Gasteiger partial charge in [-0.25, -0.2) is 24.9 Å². The van der Waals surface area contributed by atoms with E-state index in [0.717, 1.165) is 0 Å². The molecule has 9 aromatic carbocycles. The van der Waals surface area contributed by atoms with E-state index in [4.69, 9.17) is 24.9 Å². The molecule has 18 heteroatoms. The molecular weight excluding hydrogens is 1090 g/mol. The van der Waals surface area contributed by atoms with Crippen LogP contribution >= 0.6 is 0 Å². The van der Waals surface area contributed by atoms with E-state index < -0.39 is 58.1 Å². The minimum Gasteiger partial charge on any atom is -0.308 e. The first-order chi connectivity index (χ1) is 39.7. The maximum Gasteiger partial charge on any atom is 0.417 e. The van der Waals surface area contributed by atoms with Gasteiger partial charge in [-0.3, -0.25) is 0 Å². The molecule has 12 rings (SSSR count). The summed E-state index contributed by atoms with van der Waals surface area (Å²) in [7, 11) is 0. The van der Waals surface area contributed by atoms with E-state index in [1.54, 1.807) is 22.8 Å². The Balaban J connectivity index is 1.17. The molecule has 0 bridgehead atoms. The van der Waals surface area contributed by atoms with Crippen LogP contribution < -0.4 is 0 Å². The van der Waals surface area contributed by atoms with Crippen molar-refractivity contribution >= 4 is 21.8 Å². The predicted molar refractivity (Wildman–Crippen MR) is 293 cm³/mol. The Hall–Kier alpha value is -9.97. The monoisotopic (exact) mass is 1130 g/mol. The summed E-state index contributed by atoms with van der Waals surface area (Å²) >= 11 is 0. The van der Waals surface area contributed by atoms with Gasteiger partial charge in [-0.2, -0.15) is 52.7 Å². The average Bonchev–Trinajstić information content (AvgIpc) is 2.02. The molecule has 0 unspecified atom stereocenters. The zero-order valence-corrected chi connectivity index (χ0v) is 42.5. The van der Waals surface area contributed by atoms with Crippen LogP contribution in [-0.4, -0.2) is 29.5 Å². The summed E-state index contributed by atoms with van der Waals surface area (Å²) in [6, 6.07) is 54.3. The van der Waals surface area contributed by atoms with Gasteiger partial charge in [0.1, 0.15) is 0 Å². The van der Waals surface area contributed by atoms with Crippen molar-refractivity contribution in [1.29, 1.82) is 0 Å². The first-order valence-corrected chi connectivity index (χ1v) is 25.3. The van der Waals surface area contributed by atoms with E-state index in [1.807, 2.05) is 127 Å². The van der Waals surface area contributed by atoms with Crippen LogP contribution in [0.15, 0.2) is 218 Å². The molecule has 0 aliphatic carbocycles. The number of benzene rings is 9. The van der Waals surface area contributed by atoms with Crippen molar-refractivity contribution in [2.75, 3.05) is 0 Å². The van der Waals surface area contributed by atoms with Crippen LogP contribution in [-0.2, 0) is 24.7 Å². The van der Waals surface area contributed by atoms with Gasteiger partial charge in [0.2, 0.25) is 0 Å². The summed E-state index contributed by atoms with van der Waals surface area (Å²) in [4.78, 5) is 25.1. The standard InChI is InChI=1S/C65H36F12N6/c66-62(67,68)44-24-26-46(51(34-44)64(72,73)74)41-21-28-55-48(31-41)49-32-42(47-27-25-45(63(69,70)71)35-52(47)65(75,76)77)22-29-56(49)83(55)57-30-23-43(60-81-58(39-17-9-3-10-18-39)80-59(82-60)40-19-11-4-12-20-40)33-50(57)61-78-53(37-13-5-1-6-14-37)36-54(79-61)38-15-7-2-8-16-38/h1-36H. The predicted octanol–water partition coefficient (Wildman–Crippen LogP) is 19.2. The Bertz CT molecular complexity index is 4180. The van der Waals surface area contributed by atoms with Gasteiger partial charge < -0.3 is 4.57 Å². The van der Waals surface area contributed by atoms with Gasteiger partial charge in [-0.15, -0.1) is 0 Å². The fourth-order valence-corrected chi connectivity index (χ4v) is 10.1. The van der Waals surface area contributed by atoms with Gasteiger partial charge >= 0.3 is 24.7 Å². The van der Waals surface area contributed by atoms with Crippen LogP contribution in [0.25, 0.3) is 118 Å². The number of aromatic nitrogens is 6. The van der Waals surface area contributed by atoms with Crippen LogP contribution in [0.5, 0.6) is 0 Å². The highest BCUT2D eigenvalue weighted by atomic mass is 19.4. The second kappa shape index (κ2) is 20.5. The number of hydrogen-bond donors (Lipinski definition) is 0. The topological polar surface area (TPSA) is 69.4 Å². The summed E-state index contributed by atoms with van der Waals surface area (Å²) in [6.07, 6.45) is -20.9. The molecule has 0 saturated heterocycles. The zero-order chi connectivity index (χ0) is 58.0. The first kappa shape index (κ1) is 53.7. The minimum absolute atomic E-state index is 0.00338. The molecule has 3 aromatic heterocycles. The fraction of sp³-hybridized carbons (Fsp3) is 0.0615. The summed E-state index contributed by atoms with van der Waals surface area (Å²) < 4.78 is 175. The van der Waals surface area contributed by atoms with E-state index in [9.17, 15) is 52.7 Å². The second-order valence-corrected chi connectivity index (χ2v) is 19.3. The van der Waals surface area contributed by atoms with Crippen LogP contribution in [0.2, 0.25) is 0 Å². The number of alkyl halides is 12. The third kappa shape index (κ3) is 10.5. The SMILES string of the molecule is FC(F)(F)c1ccc(-c2ccc3c(c2)c2cc(-c4ccc(C(F)(F)F)cc4C(F)(F)F)ccc2n3-c2ccc(-c3nc(-c4ccccc4)nc(-c4ccccc4)n3)cc2-c2nc(-c3ccccc3)cc(-c3ccccc3)n2)c(C(F)(F)F)c1. The lowest BCUT2D eigenvalue weighted by atomic mass is 9.94. The Morgan fingerprint density at radius 1 is 0.265 bits per heavy atom. The van der Waals surface area contributed by atoms with Crippen molar-refractivity contribution in [2.24, 2.45) is 0 Å². The second-order valence-electron chi connectivity index (χ2n) is 19.3. The van der Waals surface area contributed by atoms with Crippen molar-refractivity contribution in [3.05, 3.63) is 241 Å². The van der Waals surface area contributed by atoms with Crippen LogP contribution in [0, 0.1) is 0 Å². The van der Waals surface area contributed by atoms with E-state index in [0.29, 0.717) is 86.4 Å². The maximum atomic E-state index is 14.9. The van der Waals surface area contributed by atoms with Gasteiger partial charge in [-0.1, -0.05) is 146 Å². The Morgan fingerprint density at radius 3 is 1.02 bits per heavy atom. The van der Waals surface area contributed by atoms with E-state index >= 15 is 0 Å². The van der Waals surface area contributed by atoms with Crippen LogP contribution in [0.4, 0.5) is 52.7 Å². The van der Waals surface area contributed by atoms with Gasteiger partial charge in [-0.05, 0) is 95.1 Å². The molecule has 0 aliphatic heterocycles. The van der Waals surface area contributed by atoms with Gasteiger partial charge in [0.05, 0.1) is 50.4 Å². The lowest BCUT2D eigenvalue weighted by molar-refractivity contribution is -0.144. The molecule has 83 heavy (non-hydrogen) atoms. The molecule has 410 valence electrons. The smallest absolute Gasteiger partial charge is 0.308 e. The fourth-order valence-electron chi connectivity index (χ4n) is 10.1. The maximum absolute atomic E-state index is 14.9. The van der Waals surface area contributed by atoms with Gasteiger partial charge in [0, 0.05) is 44.2 Å². The summed E-state index contributed by atoms with van der Waals surface area (Å²) in [5.41, 5.74) is -2.73. The van der Waals surface area contributed by atoms with E-state index in [1.165, 1.54) is 36.4 Å². The van der Waals surface area contributed by atoms with Crippen LogP contribution in [0.3, 0.4) is 0 Å². The molecular formula is C65H36F12N6. The molecule has 0 aliphatic rings. The normalized spacial score (nSPS) is 12.3. The van der Waals surface area contributed by atoms with Crippen molar-refractivity contribution in [2.45, 2.75) is 24.7 Å². The summed E-state index contributed by atoms with van der Waals surface area (Å²) in [5, 5.41) is 0.202. The number of nitrogens with zero attached hydrogens (tertiary/aromatic N) is 6. The third-order valence-electron chi connectivity index (χ3n) is 14.0. The molecule has 0 atom stereocenters. The lowest BCUT2D eigenvalue weighted by Gasteiger charge is -2.18. The molecule has 6 nitrogen and oxygen atoms in total. The molecule has 0 spiro atoms. The minimum atomic E-state index is -5.30. The molecule has 0 fully saturated rings. The summed E-state index contributed by atoms with van der Waals surface area (Å²) in [5.74, 6) is 1.04. The molecule has 0 N–H and O–H groups in total. The number of hydrogen-bond acceptors (Lipinski definition) is 5. The first-order valence-electron chi connectivity index (χ1n) is 25.3.